The monoisotopic (exact) mass is 227 g/mol. The zero-order valence-corrected chi connectivity index (χ0v) is 9.60. The van der Waals surface area contributed by atoms with E-state index in [0.717, 1.165) is 0 Å². The van der Waals surface area contributed by atoms with E-state index < -0.39 is 6.10 Å². The number of nitrogens with zero attached hydrogens (tertiary/aromatic N) is 1. The number of aliphatic hydroxyl groups is 2. The van der Waals surface area contributed by atoms with Gasteiger partial charge in [0.2, 0.25) is 0 Å². The predicted octanol–water partition coefficient (Wildman–Crippen LogP) is 1.17. The first-order chi connectivity index (χ1) is 7.56. The largest absolute Gasteiger partial charge is 0.394 e. The molecule has 0 saturated heterocycles. The summed E-state index contributed by atoms with van der Waals surface area (Å²) in [5.74, 6) is -0.250. The molecule has 0 aliphatic carbocycles. The van der Waals surface area contributed by atoms with Gasteiger partial charge in [-0.15, -0.1) is 0 Å². The minimum Gasteiger partial charge on any atom is -0.394 e. The molecule has 0 spiro atoms. The van der Waals surface area contributed by atoms with E-state index in [-0.39, 0.29) is 18.5 Å². The van der Waals surface area contributed by atoms with Gasteiger partial charge < -0.3 is 10.2 Å². The van der Waals surface area contributed by atoms with Gasteiger partial charge in [-0.1, -0.05) is 18.2 Å². The summed E-state index contributed by atoms with van der Waals surface area (Å²) in [5.41, 5.74) is 0.593. The van der Waals surface area contributed by atoms with Crippen molar-refractivity contribution in [2.45, 2.75) is 19.1 Å². The summed E-state index contributed by atoms with van der Waals surface area (Å²) in [4.78, 5) is 1.80. The quantitative estimate of drug-likeness (QED) is 0.793. The highest BCUT2D eigenvalue weighted by molar-refractivity contribution is 5.20. The van der Waals surface area contributed by atoms with Gasteiger partial charge in [0, 0.05) is 18.2 Å². The summed E-state index contributed by atoms with van der Waals surface area (Å²) >= 11 is 0. The SMILES string of the molecule is CC(c1ccccc1F)N(C)CC(O)CO. The average molecular weight is 227 g/mol. The fourth-order valence-corrected chi connectivity index (χ4v) is 1.60. The van der Waals surface area contributed by atoms with Crippen molar-refractivity contribution >= 4 is 0 Å². The van der Waals surface area contributed by atoms with Crippen molar-refractivity contribution in [1.29, 1.82) is 0 Å². The van der Waals surface area contributed by atoms with Gasteiger partial charge in [-0.05, 0) is 20.0 Å². The summed E-state index contributed by atoms with van der Waals surface area (Å²) < 4.78 is 13.5. The van der Waals surface area contributed by atoms with Gasteiger partial charge in [-0.3, -0.25) is 4.90 Å². The van der Waals surface area contributed by atoms with Crippen LogP contribution in [0, 0.1) is 5.82 Å². The number of hydrogen-bond donors (Lipinski definition) is 2. The Labute approximate surface area is 95.1 Å². The Morgan fingerprint density at radius 2 is 2.00 bits per heavy atom. The maximum Gasteiger partial charge on any atom is 0.127 e. The molecule has 0 aliphatic rings. The maximum absolute atomic E-state index is 13.5. The topological polar surface area (TPSA) is 43.7 Å². The van der Waals surface area contributed by atoms with Crippen LogP contribution in [0.3, 0.4) is 0 Å². The van der Waals surface area contributed by atoms with Gasteiger partial charge >= 0.3 is 0 Å². The molecule has 0 aromatic heterocycles. The lowest BCUT2D eigenvalue weighted by Gasteiger charge is -2.26. The van der Waals surface area contributed by atoms with Crippen LogP contribution in [0.5, 0.6) is 0 Å². The number of rotatable bonds is 5. The van der Waals surface area contributed by atoms with Crippen molar-refractivity contribution < 1.29 is 14.6 Å². The Morgan fingerprint density at radius 3 is 2.56 bits per heavy atom. The van der Waals surface area contributed by atoms with Gasteiger partial charge in [0.05, 0.1) is 12.7 Å². The second-order valence-corrected chi connectivity index (χ2v) is 3.97. The van der Waals surface area contributed by atoms with Crippen molar-refractivity contribution in [1.82, 2.24) is 4.90 Å². The molecule has 90 valence electrons. The zero-order valence-electron chi connectivity index (χ0n) is 9.60. The molecule has 4 heteroatoms. The summed E-state index contributed by atoms with van der Waals surface area (Å²) in [7, 11) is 1.79. The molecule has 1 aromatic carbocycles. The molecule has 1 aromatic rings. The smallest absolute Gasteiger partial charge is 0.127 e. The molecule has 3 nitrogen and oxygen atoms in total. The van der Waals surface area contributed by atoms with Crippen molar-refractivity contribution in [2.75, 3.05) is 20.2 Å². The van der Waals surface area contributed by atoms with E-state index in [2.05, 4.69) is 0 Å². The van der Waals surface area contributed by atoms with Gasteiger partial charge in [0.1, 0.15) is 5.82 Å². The summed E-state index contributed by atoms with van der Waals surface area (Å²) in [6.07, 6.45) is -0.792. The molecule has 0 radical (unpaired) electrons. The van der Waals surface area contributed by atoms with E-state index in [1.807, 2.05) is 6.92 Å². The molecular weight excluding hydrogens is 209 g/mol. The third-order valence-corrected chi connectivity index (χ3v) is 2.73. The van der Waals surface area contributed by atoms with Gasteiger partial charge in [0.25, 0.3) is 0 Å². The van der Waals surface area contributed by atoms with Crippen LogP contribution in [-0.4, -0.2) is 41.4 Å². The molecule has 0 heterocycles. The molecule has 2 atom stereocenters. The number of halogens is 1. The normalized spacial score (nSPS) is 15.1. The molecule has 16 heavy (non-hydrogen) atoms. The van der Waals surface area contributed by atoms with Crippen LogP contribution in [0.1, 0.15) is 18.5 Å². The second kappa shape index (κ2) is 5.94. The lowest BCUT2D eigenvalue weighted by molar-refractivity contribution is 0.0561. The predicted molar refractivity (Wildman–Crippen MR) is 60.5 cm³/mol. The summed E-state index contributed by atoms with van der Waals surface area (Å²) in [6.45, 7) is 1.89. The van der Waals surface area contributed by atoms with Crippen LogP contribution in [0.4, 0.5) is 4.39 Å². The van der Waals surface area contributed by atoms with Crippen molar-refractivity contribution in [2.24, 2.45) is 0 Å². The van der Waals surface area contributed by atoms with E-state index in [0.29, 0.717) is 12.1 Å². The third-order valence-electron chi connectivity index (χ3n) is 2.73. The molecule has 0 fully saturated rings. The second-order valence-electron chi connectivity index (χ2n) is 3.97. The number of hydrogen-bond acceptors (Lipinski definition) is 3. The minimum atomic E-state index is -0.792. The van der Waals surface area contributed by atoms with Crippen LogP contribution in [0.2, 0.25) is 0 Å². The number of aliphatic hydroxyl groups excluding tert-OH is 2. The van der Waals surface area contributed by atoms with Gasteiger partial charge in [-0.2, -0.15) is 0 Å². The van der Waals surface area contributed by atoms with E-state index >= 15 is 0 Å². The molecule has 2 N–H and O–H groups in total. The molecule has 1 rings (SSSR count). The van der Waals surface area contributed by atoms with Crippen LogP contribution in [0.15, 0.2) is 24.3 Å². The van der Waals surface area contributed by atoms with Crippen molar-refractivity contribution in [3.8, 4) is 0 Å². The van der Waals surface area contributed by atoms with E-state index in [9.17, 15) is 9.50 Å². The molecule has 0 bridgehead atoms. The van der Waals surface area contributed by atoms with Crippen LogP contribution in [0.25, 0.3) is 0 Å². The van der Waals surface area contributed by atoms with E-state index in [4.69, 9.17) is 5.11 Å². The molecule has 0 saturated carbocycles. The standard InChI is InChI=1S/C12H18FNO2/c1-9(14(2)7-10(16)8-15)11-5-3-4-6-12(11)13/h3-6,9-10,15-16H,7-8H2,1-2H3. The molecule has 0 amide bonds. The fourth-order valence-electron chi connectivity index (χ4n) is 1.60. The zero-order chi connectivity index (χ0) is 12.1. The Morgan fingerprint density at radius 1 is 1.38 bits per heavy atom. The van der Waals surface area contributed by atoms with Crippen LogP contribution >= 0.6 is 0 Å². The third kappa shape index (κ3) is 3.27. The highest BCUT2D eigenvalue weighted by atomic mass is 19.1. The molecule has 0 aliphatic heterocycles. The summed E-state index contributed by atoms with van der Waals surface area (Å²) in [6, 6.07) is 6.44. The number of benzene rings is 1. The summed E-state index contributed by atoms with van der Waals surface area (Å²) in [5, 5.41) is 18.0. The van der Waals surface area contributed by atoms with Gasteiger partial charge in [0.15, 0.2) is 0 Å². The lowest BCUT2D eigenvalue weighted by Crippen LogP contribution is -2.33. The van der Waals surface area contributed by atoms with Crippen LogP contribution < -0.4 is 0 Å². The highest BCUT2D eigenvalue weighted by Gasteiger charge is 2.17. The van der Waals surface area contributed by atoms with E-state index in [1.54, 1.807) is 30.1 Å². The van der Waals surface area contributed by atoms with Crippen molar-refractivity contribution in [3.05, 3.63) is 35.6 Å². The minimum absolute atomic E-state index is 0.137. The fraction of sp³-hybridized carbons (Fsp3) is 0.500. The van der Waals surface area contributed by atoms with Crippen LogP contribution in [-0.2, 0) is 0 Å². The van der Waals surface area contributed by atoms with Gasteiger partial charge in [-0.25, -0.2) is 4.39 Å². The van der Waals surface area contributed by atoms with Crippen molar-refractivity contribution in [3.63, 3.8) is 0 Å². The maximum atomic E-state index is 13.5. The molecular formula is C12H18FNO2. The Hall–Kier alpha value is -0.970. The van der Waals surface area contributed by atoms with E-state index in [1.165, 1.54) is 6.07 Å². The Kier molecular flexibility index (Phi) is 4.86. The Balaban J connectivity index is 2.70. The highest BCUT2D eigenvalue weighted by Crippen LogP contribution is 2.21. The first kappa shape index (κ1) is 13.1. The lowest BCUT2D eigenvalue weighted by atomic mass is 10.1. The first-order valence-electron chi connectivity index (χ1n) is 5.29. The first-order valence-corrected chi connectivity index (χ1v) is 5.29. The number of likely N-dealkylation sites (N-methyl/N-ethyl adjacent to an activating group) is 1. The average Bonchev–Trinajstić information content (AvgIpc) is 2.28. The molecule has 2 unspecified atom stereocenters. The Bertz CT molecular complexity index is 333.